The van der Waals surface area contributed by atoms with Crippen LogP contribution in [0.1, 0.15) is 15.9 Å². The molecule has 2 N–H and O–H groups in total. The van der Waals surface area contributed by atoms with Gasteiger partial charge in [-0.1, -0.05) is 29.8 Å². The fourth-order valence-corrected chi connectivity index (χ4v) is 2.52. The number of anilines is 1. The van der Waals surface area contributed by atoms with Crippen LogP contribution in [0.25, 0.3) is 11.1 Å². The average molecular weight is 296 g/mol. The van der Waals surface area contributed by atoms with E-state index in [1.807, 2.05) is 37.3 Å². The third-order valence-electron chi connectivity index (χ3n) is 3.72. The van der Waals surface area contributed by atoms with Gasteiger partial charge in [0.2, 0.25) is 0 Å². The van der Waals surface area contributed by atoms with E-state index in [1.54, 1.807) is 11.0 Å². The molecular weight excluding hydrogens is 280 g/mol. The molecule has 1 heterocycles. The standard InChI is InChI=1S/C17H16N2O3/c1-11-2-4-12(5-3-11)13-8-14(16(20)21)10-15(9-13)19-7-6-18-17(19)22/h2-5,8-10H,6-7H2,1H3,(H,18,22)(H,20,21). The quantitative estimate of drug-likeness (QED) is 0.915. The Hall–Kier alpha value is -2.82. The number of carboxylic acids is 1. The van der Waals surface area contributed by atoms with Crippen molar-refractivity contribution in [1.82, 2.24) is 5.32 Å². The van der Waals surface area contributed by atoms with Gasteiger partial charge >= 0.3 is 12.0 Å². The number of hydrogen-bond acceptors (Lipinski definition) is 2. The summed E-state index contributed by atoms with van der Waals surface area (Å²) in [5.74, 6) is -1.00. The molecule has 5 heteroatoms. The number of carboxylic acid groups (broad SMARTS) is 1. The van der Waals surface area contributed by atoms with Gasteiger partial charge in [0.1, 0.15) is 0 Å². The first-order chi connectivity index (χ1) is 10.5. The number of aryl methyl sites for hydroxylation is 1. The lowest BCUT2D eigenvalue weighted by atomic mass is 10.0. The molecule has 0 saturated carbocycles. The van der Waals surface area contributed by atoms with Crippen LogP contribution < -0.4 is 10.2 Å². The van der Waals surface area contributed by atoms with Crippen LogP contribution in [-0.2, 0) is 0 Å². The Kier molecular flexibility index (Phi) is 3.55. The largest absolute Gasteiger partial charge is 0.478 e. The Bertz CT molecular complexity index is 738. The van der Waals surface area contributed by atoms with E-state index in [2.05, 4.69) is 5.32 Å². The number of aromatic carboxylic acids is 1. The molecule has 1 aliphatic rings. The summed E-state index contributed by atoms with van der Waals surface area (Å²) in [5, 5.41) is 12.0. The van der Waals surface area contributed by atoms with Gasteiger partial charge in [0.15, 0.2) is 0 Å². The number of urea groups is 1. The molecule has 1 aliphatic heterocycles. The van der Waals surface area contributed by atoms with Crippen molar-refractivity contribution in [3.63, 3.8) is 0 Å². The van der Waals surface area contributed by atoms with Gasteiger partial charge in [0.25, 0.3) is 0 Å². The highest BCUT2D eigenvalue weighted by molar-refractivity contribution is 5.97. The van der Waals surface area contributed by atoms with Gasteiger partial charge in [-0.25, -0.2) is 9.59 Å². The molecule has 5 nitrogen and oxygen atoms in total. The number of rotatable bonds is 3. The van der Waals surface area contributed by atoms with Crippen LogP contribution in [0.3, 0.4) is 0 Å². The molecule has 0 bridgehead atoms. The molecule has 0 aliphatic carbocycles. The summed E-state index contributed by atoms with van der Waals surface area (Å²) in [6, 6.07) is 12.7. The Morgan fingerprint density at radius 1 is 1.14 bits per heavy atom. The Balaban J connectivity index is 2.09. The maximum Gasteiger partial charge on any atom is 0.335 e. The molecule has 3 rings (SSSR count). The third-order valence-corrected chi connectivity index (χ3v) is 3.72. The first-order valence-corrected chi connectivity index (χ1v) is 7.05. The lowest BCUT2D eigenvalue weighted by Crippen LogP contribution is -2.27. The van der Waals surface area contributed by atoms with Crippen molar-refractivity contribution < 1.29 is 14.7 Å². The molecule has 112 valence electrons. The van der Waals surface area contributed by atoms with Gasteiger partial charge in [0.05, 0.1) is 5.56 Å². The minimum atomic E-state index is -1.00. The number of carbonyl (C=O) groups excluding carboxylic acids is 1. The van der Waals surface area contributed by atoms with E-state index >= 15 is 0 Å². The van der Waals surface area contributed by atoms with Crippen molar-refractivity contribution in [2.24, 2.45) is 0 Å². The Morgan fingerprint density at radius 3 is 2.45 bits per heavy atom. The summed E-state index contributed by atoms with van der Waals surface area (Å²) in [4.78, 5) is 24.7. The molecule has 2 amide bonds. The summed E-state index contributed by atoms with van der Waals surface area (Å²) in [7, 11) is 0. The van der Waals surface area contributed by atoms with Crippen molar-refractivity contribution in [2.75, 3.05) is 18.0 Å². The van der Waals surface area contributed by atoms with E-state index in [0.717, 1.165) is 16.7 Å². The molecule has 0 radical (unpaired) electrons. The van der Waals surface area contributed by atoms with Gasteiger partial charge in [0, 0.05) is 18.8 Å². The Labute approximate surface area is 128 Å². The SMILES string of the molecule is Cc1ccc(-c2cc(C(=O)O)cc(N3CCNC3=O)c2)cc1. The molecule has 0 unspecified atom stereocenters. The molecule has 1 fully saturated rings. The monoisotopic (exact) mass is 296 g/mol. The molecule has 1 saturated heterocycles. The van der Waals surface area contributed by atoms with Crippen LogP contribution in [0.2, 0.25) is 0 Å². The second kappa shape index (κ2) is 5.52. The summed E-state index contributed by atoms with van der Waals surface area (Å²) >= 11 is 0. The average Bonchev–Trinajstić information content (AvgIpc) is 2.93. The van der Waals surface area contributed by atoms with Crippen LogP contribution >= 0.6 is 0 Å². The van der Waals surface area contributed by atoms with E-state index in [1.165, 1.54) is 6.07 Å². The summed E-state index contributed by atoms with van der Waals surface area (Å²) < 4.78 is 0. The highest BCUT2D eigenvalue weighted by Crippen LogP contribution is 2.28. The minimum Gasteiger partial charge on any atom is -0.478 e. The lowest BCUT2D eigenvalue weighted by molar-refractivity contribution is 0.0697. The number of nitrogens with zero attached hydrogens (tertiary/aromatic N) is 1. The van der Waals surface area contributed by atoms with Crippen molar-refractivity contribution in [2.45, 2.75) is 6.92 Å². The molecular formula is C17H16N2O3. The van der Waals surface area contributed by atoms with Crippen molar-refractivity contribution in [1.29, 1.82) is 0 Å². The number of amides is 2. The number of nitrogens with one attached hydrogen (secondary N) is 1. The lowest BCUT2D eigenvalue weighted by Gasteiger charge is -2.16. The van der Waals surface area contributed by atoms with Crippen LogP contribution in [0.5, 0.6) is 0 Å². The molecule has 2 aromatic carbocycles. The molecule has 0 spiro atoms. The van der Waals surface area contributed by atoms with E-state index in [-0.39, 0.29) is 11.6 Å². The zero-order valence-electron chi connectivity index (χ0n) is 12.2. The minimum absolute atomic E-state index is 0.174. The van der Waals surface area contributed by atoms with Gasteiger partial charge in [-0.2, -0.15) is 0 Å². The topological polar surface area (TPSA) is 69.6 Å². The van der Waals surface area contributed by atoms with Gasteiger partial charge in [-0.05, 0) is 36.2 Å². The smallest absolute Gasteiger partial charge is 0.335 e. The first kappa shape index (κ1) is 14.1. The van der Waals surface area contributed by atoms with E-state index in [4.69, 9.17) is 0 Å². The van der Waals surface area contributed by atoms with Crippen molar-refractivity contribution in [3.8, 4) is 11.1 Å². The summed E-state index contributed by atoms with van der Waals surface area (Å²) in [6.45, 7) is 3.10. The van der Waals surface area contributed by atoms with E-state index in [9.17, 15) is 14.7 Å². The zero-order valence-corrected chi connectivity index (χ0v) is 12.2. The van der Waals surface area contributed by atoms with Crippen LogP contribution in [0.4, 0.5) is 10.5 Å². The normalized spacial score (nSPS) is 14.0. The third kappa shape index (κ3) is 2.65. The summed E-state index contributed by atoms with van der Waals surface area (Å²) in [6.07, 6.45) is 0. The fourth-order valence-electron chi connectivity index (χ4n) is 2.52. The van der Waals surface area contributed by atoms with Gasteiger partial charge < -0.3 is 10.4 Å². The van der Waals surface area contributed by atoms with Crippen LogP contribution in [-0.4, -0.2) is 30.2 Å². The predicted octanol–water partition coefficient (Wildman–Crippen LogP) is 2.89. The highest BCUT2D eigenvalue weighted by Gasteiger charge is 2.22. The second-order valence-corrected chi connectivity index (χ2v) is 5.32. The van der Waals surface area contributed by atoms with Crippen molar-refractivity contribution >= 4 is 17.7 Å². The molecule has 22 heavy (non-hydrogen) atoms. The van der Waals surface area contributed by atoms with E-state index < -0.39 is 5.97 Å². The summed E-state index contributed by atoms with van der Waals surface area (Å²) in [5.41, 5.74) is 3.62. The maximum atomic E-state index is 11.8. The maximum absolute atomic E-state index is 11.8. The number of benzene rings is 2. The van der Waals surface area contributed by atoms with Crippen LogP contribution in [0, 0.1) is 6.92 Å². The van der Waals surface area contributed by atoms with Crippen molar-refractivity contribution in [3.05, 3.63) is 53.6 Å². The first-order valence-electron chi connectivity index (χ1n) is 7.05. The van der Waals surface area contributed by atoms with Crippen LogP contribution in [0.15, 0.2) is 42.5 Å². The molecule has 0 atom stereocenters. The van der Waals surface area contributed by atoms with Gasteiger partial charge in [-0.3, -0.25) is 4.90 Å². The fraction of sp³-hybridized carbons (Fsp3) is 0.176. The number of hydrogen-bond donors (Lipinski definition) is 2. The molecule has 0 aromatic heterocycles. The zero-order chi connectivity index (χ0) is 15.7. The predicted molar refractivity (Wildman–Crippen MR) is 84.3 cm³/mol. The molecule has 2 aromatic rings. The van der Waals surface area contributed by atoms with Gasteiger partial charge in [-0.15, -0.1) is 0 Å². The number of carbonyl (C=O) groups is 2. The highest BCUT2D eigenvalue weighted by atomic mass is 16.4. The van der Waals surface area contributed by atoms with E-state index in [0.29, 0.717) is 18.8 Å². The Morgan fingerprint density at radius 2 is 1.86 bits per heavy atom. The second-order valence-electron chi connectivity index (χ2n) is 5.32.